The van der Waals surface area contributed by atoms with E-state index >= 15 is 0 Å². The predicted molar refractivity (Wildman–Crippen MR) is 147 cm³/mol. The van der Waals surface area contributed by atoms with Crippen molar-refractivity contribution in [2.24, 2.45) is 18.9 Å². The van der Waals surface area contributed by atoms with Crippen LogP contribution >= 0.6 is 0 Å². The highest BCUT2D eigenvalue weighted by atomic mass is 19.4. The number of piperidine rings is 1. The summed E-state index contributed by atoms with van der Waals surface area (Å²) in [5.41, 5.74) is -1.08. The Bertz CT molecular complexity index is 1770. The lowest BCUT2D eigenvalue weighted by Gasteiger charge is -2.46. The van der Waals surface area contributed by atoms with Gasteiger partial charge in [-0.1, -0.05) is 19.1 Å². The van der Waals surface area contributed by atoms with Crippen molar-refractivity contribution in [3.8, 4) is 11.8 Å². The van der Waals surface area contributed by atoms with Crippen LogP contribution in [0.15, 0.2) is 53.8 Å². The molecular weight excluding hydrogens is 569 g/mol. The highest BCUT2D eigenvalue weighted by molar-refractivity contribution is 5.58. The van der Waals surface area contributed by atoms with Crippen molar-refractivity contribution in [2.75, 3.05) is 13.1 Å². The lowest BCUT2D eigenvalue weighted by molar-refractivity contribution is -0.136. The van der Waals surface area contributed by atoms with E-state index in [0.29, 0.717) is 30.8 Å². The second-order valence-electron chi connectivity index (χ2n) is 12.0. The molecule has 1 saturated heterocycles. The molecule has 2 aliphatic rings. The first-order valence-corrected chi connectivity index (χ1v) is 14.1. The van der Waals surface area contributed by atoms with Crippen LogP contribution < -0.4 is 5.69 Å². The maximum atomic E-state index is 14.3. The van der Waals surface area contributed by atoms with E-state index in [0.717, 1.165) is 16.0 Å². The molecule has 226 valence electrons. The minimum Gasteiger partial charge on any atom is -0.320 e. The number of likely N-dealkylation sites (tertiary alicyclic amines) is 1. The van der Waals surface area contributed by atoms with Crippen molar-refractivity contribution in [3.05, 3.63) is 82.1 Å². The van der Waals surface area contributed by atoms with E-state index in [-0.39, 0.29) is 43.1 Å². The highest BCUT2D eigenvalue weighted by Gasteiger charge is 2.50. The summed E-state index contributed by atoms with van der Waals surface area (Å²) < 4.78 is 74.8. The van der Waals surface area contributed by atoms with Crippen LogP contribution in [0.1, 0.15) is 55.1 Å². The Morgan fingerprint density at radius 2 is 1.93 bits per heavy atom. The van der Waals surface area contributed by atoms with Crippen LogP contribution in [0.4, 0.5) is 22.0 Å². The normalized spacial score (nSPS) is 24.1. The van der Waals surface area contributed by atoms with Crippen LogP contribution in [-0.4, -0.2) is 47.6 Å². The largest absolute Gasteiger partial charge is 0.418 e. The fraction of sp³-hybridized carbons (Fsp3) is 0.467. The van der Waals surface area contributed by atoms with Gasteiger partial charge < -0.3 is 4.57 Å². The molecule has 1 aromatic carbocycles. The maximum absolute atomic E-state index is 14.3. The van der Waals surface area contributed by atoms with Crippen molar-refractivity contribution >= 4 is 5.52 Å². The van der Waals surface area contributed by atoms with E-state index < -0.39 is 34.7 Å². The molecule has 0 spiro atoms. The van der Waals surface area contributed by atoms with Gasteiger partial charge in [0.1, 0.15) is 12.2 Å². The van der Waals surface area contributed by atoms with Crippen LogP contribution in [0.3, 0.4) is 0 Å². The van der Waals surface area contributed by atoms with Crippen LogP contribution in [0.25, 0.3) is 11.2 Å². The van der Waals surface area contributed by atoms with Gasteiger partial charge in [0, 0.05) is 57.8 Å². The van der Waals surface area contributed by atoms with E-state index in [9.17, 15) is 32.0 Å². The Kier molecular flexibility index (Phi) is 6.95. The van der Waals surface area contributed by atoms with Crippen molar-refractivity contribution < 1.29 is 22.0 Å². The predicted octanol–water partition coefficient (Wildman–Crippen LogP) is 5.32. The molecule has 1 aliphatic carbocycles. The van der Waals surface area contributed by atoms with Crippen LogP contribution in [0.5, 0.6) is 0 Å². The number of hydrogen-bond acceptors (Lipinski definition) is 5. The second kappa shape index (κ2) is 10.3. The Labute approximate surface area is 244 Å². The van der Waals surface area contributed by atoms with Gasteiger partial charge in [-0.05, 0) is 48.1 Å². The van der Waals surface area contributed by atoms with Gasteiger partial charge in [-0.25, -0.2) is 13.6 Å². The summed E-state index contributed by atoms with van der Waals surface area (Å²) >= 11 is 0. The molecule has 0 unspecified atom stereocenters. The van der Waals surface area contributed by atoms with Gasteiger partial charge in [0.25, 0.3) is 5.92 Å². The Hall–Kier alpha value is -4.05. The van der Waals surface area contributed by atoms with Crippen LogP contribution in [0.2, 0.25) is 0 Å². The topological polar surface area (TPSA) is 84.2 Å². The Morgan fingerprint density at radius 1 is 1.16 bits per heavy atom. The molecule has 1 aliphatic heterocycles. The lowest BCUT2D eigenvalue weighted by Crippen LogP contribution is -2.45. The van der Waals surface area contributed by atoms with E-state index in [1.807, 2.05) is 17.7 Å². The van der Waals surface area contributed by atoms with Crippen LogP contribution in [0, 0.1) is 23.2 Å². The van der Waals surface area contributed by atoms with Gasteiger partial charge >= 0.3 is 11.9 Å². The van der Waals surface area contributed by atoms with Crippen molar-refractivity contribution in [3.63, 3.8) is 0 Å². The van der Waals surface area contributed by atoms with Crippen molar-refractivity contribution in [1.82, 2.24) is 28.6 Å². The molecule has 4 heterocycles. The summed E-state index contributed by atoms with van der Waals surface area (Å²) in [6.45, 7) is 1.52. The number of aryl methyl sites for hydroxylation is 1. The number of nitrogens with zero attached hydrogens (tertiary/aromatic N) is 7. The summed E-state index contributed by atoms with van der Waals surface area (Å²) in [6.07, 6.45) is 0.706. The average Bonchev–Trinajstić information content (AvgIpc) is 3.50. The van der Waals surface area contributed by atoms with E-state index in [1.54, 1.807) is 29.4 Å². The third kappa shape index (κ3) is 5.01. The molecule has 1 saturated carbocycles. The molecule has 6 rings (SSSR count). The average molecular weight is 600 g/mol. The zero-order valence-electron chi connectivity index (χ0n) is 23.7. The zero-order chi connectivity index (χ0) is 30.7. The van der Waals surface area contributed by atoms with E-state index in [1.165, 1.54) is 23.9 Å². The molecule has 43 heavy (non-hydrogen) atoms. The summed E-state index contributed by atoms with van der Waals surface area (Å²) in [4.78, 5) is 15.3. The number of rotatable bonds is 6. The number of fused-ring (bicyclic) bond motifs is 1. The number of imidazole rings is 1. The number of alkyl halides is 5. The first kappa shape index (κ1) is 29.0. The molecule has 8 nitrogen and oxygen atoms in total. The first-order chi connectivity index (χ1) is 20.3. The smallest absolute Gasteiger partial charge is 0.320 e. The molecule has 4 aromatic rings. The fourth-order valence-corrected chi connectivity index (χ4v) is 6.73. The SMILES string of the molecule is C[C@@H]1CN(Cc2cc(C(F)(F)F)c3cn(-c4cccc([C@]5(c6nncn6C)C[C@H](CC#N)C5)c4)c(=O)n3c2)CCC1(F)F. The molecular formula is C30H30F5N7O. The Balaban J connectivity index is 1.40. The van der Waals surface area contributed by atoms with Crippen molar-refractivity contribution in [1.29, 1.82) is 5.26 Å². The minimum atomic E-state index is -4.75. The number of nitriles is 1. The van der Waals surface area contributed by atoms with Gasteiger partial charge in [0.2, 0.25) is 0 Å². The van der Waals surface area contributed by atoms with Gasteiger partial charge in [0.15, 0.2) is 0 Å². The number of hydrogen-bond donors (Lipinski definition) is 0. The van der Waals surface area contributed by atoms with Crippen LogP contribution in [-0.2, 0) is 25.2 Å². The molecule has 0 radical (unpaired) electrons. The molecule has 13 heteroatoms. The molecule has 3 aromatic heterocycles. The van der Waals surface area contributed by atoms with Crippen molar-refractivity contribution in [2.45, 2.75) is 56.7 Å². The standard InChI is InChI=1S/C30H30F5N7O/c1-19-14-40(9-7-29(19,31)32)15-21-10-24(30(33,34)35)25-17-41(27(43)42(25)16-21)23-5-3-4-22(11-23)28(12-20(13-28)6-8-36)26-38-37-18-39(26)2/h3-5,10-11,16-20H,6-7,9,12-15H2,1-2H3/t19-,20-,28-/m1/s1. The summed E-state index contributed by atoms with van der Waals surface area (Å²) in [5.74, 6) is -2.88. The molecule has 0 bridgehead atoms. The zero-order valence-corrected chi connectivity index (χ0v) is 23.7. The number of halogens is 5. The minimum absolute atomic E-state index is 0.0105. The molecule has 0 N–H and O–H groups in total. The number of benzene rings is 1. The summed E-state index contributed by atoms with van der Waals surface area (Å²) in [5, 5.41) is 17.6. The maximum Gasteiger partial charge on any atom is 0.418 e. The molecule has 1 atom stereocenters. The number of aromatic nitrogens is 5. The second-order valence-corrected chi connectivity index (χ2v) is 12.0. The van der Waals surface area contributed by atoms with Gasteiger partial charge in [0.05, 0.1) is 28.3 Å². The molecule has 0 amide bonds. The third-order valence-electron chi connectivity index (χ3n) is 9.02. The van der Waals surface area contributed by atoms with Gasteiger partial charge in [-0.2, -0.15) is 18.4 Å². The third-order valence-corrected chi connectivity index (χ3v) is 9.02. The van der Waals surface area contributed by atoms with E-state index in [4.69, 9.17) is 0 Å². The quantitative estimate of drug-likeness (QED) is 0.280. The van der Waals surface area contributed by atoms with Gasteiger partial charge in [-0.15, -0.1) is 10.2 Å². The highest BCUT2D eigenvalue weighted by Crippen LogP contribution is 2.53. The fourth-order valence-electron chi connectivity index (χ4n) is 6.73. The van der Waals surface area contributed by atoms with E-state index in [2.05, 4.69) is 16.3 Å². The Morgan fingerprint density at radius 3 is 2.58 bits per heavy atom. The summed E-state index contributed by atoms with van der Waals surface area (Å²) in [6, 6.07) is 10.3. The lowest BCUT2D eigenvalue weighted by atomic mass is 9.57. The summed E-state index contributed by atoms with van der Waals surface area (Å²) in [7, 11) is 1.83. The van der Waals surface area contributed by atoms with Gasteiger partial charge in [-0.3, -0.25) is 13.9 Å². The monoisotopic (exact) mass is 599 g/mol. The number of pyridine rings is 1. The molecule has 2 fully saturated rings. The first-order valence-electron chi connectivity index (χ1n) is 14.1.